The average molecular weight is 464 g/mol. The molecule has 6 nitrogen and oxygen atoms in total. The van der Waals surface area contributed by atoms with Crippen LogP contribution >= 0.6 is 0 Å². The van der Waals surface area contributed by atoms with Crippen LogP contribution in [0, 0.1) is 0 Å². The zero-order valence-electron chi connectivity index (χ0n) is 21.1. The number of benzene rings is 1. The third-order valence-electron chi connectivity index (χ3n) is 5.77. The summed E-state index contributed by atoms with van der Waals surface area (Å²) in [7, 11) is 1.54. The van der Waals surface area contributed by atoms with E-state index in [0.717, 1.165) is 18.4 Å². The average Bonchev–Trinajstić information content (AvgIpc) is 2.83. The molecule has 0 saturated heterocycles. The smallest absolute Gasteiger partial charge is 0.410 e. The minimum absolute atomic E-state index is 0.135. The van der Waals surface area contributed by atoms with Crippen molar-refractivity contribution in [2.75, 3.05) is 26.9 Å². The van der Waals surface area contributed by atoms with Gasteiger partial charge in [-0.2, -0.15) is 0 Å². The molecular formula is C27H45NO5. The predicted octanol–water partition coefficient (Wildman–Crippen LogP) is 6.51. The SMILES string of the molecule is CCCCCCCCCCCCCOC(=O)C(C)N(C)C(=O)OCCOCc1ccccc1. The van der Waals surface area contributed by atoms with Gasteiger partial charge in [0.2, 0.25) is 0 Å². The molecular weight excluding hydrogens is 418 g/mol. The molecule has 1 aromatic rings. The lowest BCUT2D eigenvalue weighted by molar-refractivity contribution is -0.148. The maximum absolute atomic E-state index is 12.2. The van der Waals surface area contributed by atoms with Crippen LogP contribution in [0.3, 0.4) is 0 Å². The monoisotopic (exact) mass is 463 g/mol. The summed E-state index contributed by atoms with van der Waals surface area (Å²) in [6.45, 7) is 5.20. The Kier molecular flexibility index (Phi) is 17.0. The highest BCUT2D eigenvalue weighted by atomic mass is 16.6. The van der Waals surface area contributed by atoms with Crippen molar-refractivity contribution in [2.24, 2.45) is 0 Å². The molecule has 0 heterocycles. The largest absolute Gasteiger partial charge is 0.464 e. The van der Waals surface area contributed by atoms with E-state index in [1.54, 1.807) is 14.0 Å². The minimum Gasteiger partial charge on any atom is -0.464 e. The van der Waals surface area contributed by atoms with Crippen molar-refractivity contribution in [3.05, 3.63) is 35.9 Å². The standard InChI is InChI=1S/C27H45NO5/c1-4-5-6-7-8-9-10-11-12-13-17-20-32-26(29)24(2)28(3)27(30)33-22-21-31-23-25-18-15-14-16-19-25/h14-16,18-19,24H,4-13,17,20-23H2,1-3H3. The van der Waals surface area contributed by atoms with Gasteiger partial charge in [0.05, 0.1) is 19.8 Å². The van der Waals surface area contributed by atoms with Crippen molar-refractivity contribution in [2.45, 2.75) is 97.1 Å². The second-order valence-electron chi connectivity index (χ2n) is 8.64. The van der Waals surface area contributed by atoms with Crippen molar-refractivity contribution >= 4 is 12.1 Å². The van der Waals surface area contributed by atoms with Crippen LogP contribution in [0.15, 0.2) is 30.3 Å². The Bertz CT molecular complexity index is 622. The highest BCUT2D eigenvalue weighted by Crippen LogP contribution is 2.11. The zero-order chi connectivity index (χ0) is 24.2. The van der Waals surface area contributed by atoms with Crippen molar-refractivity contribution in [3.63, 3.8) is 0 Å². The van der Waals surface area contributed by atoms with Crippen molar-refractivity contribution < 1.29 is 23.8 Å². The molecule has 0 saturated carbocycles. The third kappa shape index (κ3) is 14.6. The molecule has 0 bridgehead atoms. The molecule has 0 spiro atoms. The van der Waals surface area contributed by atoms with Crippen molar-refractivity contribution in [1.82, 2.24) is 4.90 Å². The van der Waals surface area contributed by atoms with Gasteiger partial charge in [0, 0.05) is 7.05 Å². The van der Waals surface area contributed by atoms with E-state index in [1.165, 1.54) is 62.7 Å². The summed E-state index contributed by atoms with van der Waals surface area (Å²) in [6, 6.07) is 9.12. The number of carbonyl (C=O) groups is 2. The van der Waals surface area contributed by atoms with E-state index < -0.39 is 18.1 Å². The number of esters is 1. The van der Waals surface area contributed by atoms with Crippen molar-refractivity contribution in [3.8, 4) is 0 Å². The number of rotatable bonds is 19. The van der Waals surface area contributed by atoms with Gasteiger partial charge in [-0.3, -0.25) is 4.90 Å². The van der Waals surface area contributed by atoms with Gasteiger partial charge in [0.15, 0.2) is 0 Å². The van der Waals surface area contributed by atoms with E-state index in [1.807, 2.05) is 30.3 Å². The fourth-order valence-electron chi connectivity index (χ4n) is 3.43. The van der Waals surface area contributed by atoms with E-state index in [4.69, 9.17) is 14.2 Å². The fraction of sp³-hybridized carbons (Fsp3) is 0.704. The van der Waals surface area contributed by atoms with E-state index in [2.05, 4.69) is 6.92 Å². The molecule has 0 aromatic heterocycles. The summed E-state index contributed by atoms with van der Waals surface area (Å²) in [6.07, 6.45) is 13.2. The lowest BCUT2D eigenvalue weighted by Crippen LogP contribution is -2.42. The normalized spacial score (nSPS) is 11.7. The molecule has 188 valence electrons. The molecule has 0 fully saturated rings. The molecule has 1 amide bonds. The number of likely N-dealkylation sites (N-methyl/N-ethyl adjacent to an activating group) is 1. The van der Waals surface area contributed by atoms with Crippen LogP contribution in [-0.4, -0.2) is 49.9 Å². The molecule has 1 aromatic carbocycles. The first kappa shape index (κ1) is 29.0. The summed E-state index contributed by atoms with van der Waals surface area (Å²) < 4.78 is 16.0. The first-order valence-electron chi connectivity index (χ1n) is 12.7. The summed E-state index contributed by atoms with van der Waals surface area (Å²) in [5.74, 6) is -0.401. The molecule has 0 radical (unpaired) electrons. The van der Waals surface area contributed by atoms with Gasteiger partial charge < -0.3 is 14.2 Å². The molecule has 0 aliphatic rings. The predicted molar refractivity (Wildman–Crippen MR) is 132 cm³/mol. The number of amides is 1. The Labute approximate surface area is 201 Å². The molecule has 1 rings (SSSR count). The Balaban J connectivity index is 2.01. The number of ether oxygens (including phenoxy) is 3. The van der Waals surface area contributed by atoms with Crippen LogP contribution in [0.2, 0.25) is 0 Å². The molecule has 0 aliphatic heterocycles. The van der Waals surface area contributed by atoms with Crippen LogP contribution in [-0.2, 0) is 25.6 Å². The van der Waals surface area contributed by atoms with Crippen molar-refractivity contribution in [1.29, 1.82) is 0 Å². The highest BCUT2D eigenvalue weighted by Gasteiger charge is 2.24. The number of hydrogen-bond donors (Lipinski definition) is 0. The van der Waals surface area contributed by atoms with Gasteiger partial charge in [0.1, 0.15) is 12.6 Å². The maximum Gasteiger partial charge on any atom is 0.410 e. The van der Waals surface area contributed by atoms with Gasteiger partial charge in [-0.25, -0.2) is 9.59 Å². The maximum atomic E-state index is 12.2. The van der Waals surface area contributed by atoms with Crippen LogP contribution < -0.4 is 0 Å². The van der Waals surface area contributed by atoms with Crippen LogP contribution in [0.4, 0.5) is 4.79 Å². The fourth-order valence-corrected chi connectivity index (χ4v) is 3.43. The zero-order valence-corrected chi connectivity index (χ0v) is 21.1. The molecule has 1 unspecified atom stereocenters. The van der Waals surface area contributed by atoms with Gasteiger partial charge >= 0.3 is 12.1 Å². The first-order chi connectivity index (χ1) is 16.1. The van der Waals surface area contributed by atoms with Gasteiger partial charge in [0.25, 0.3) is 0 Å². The Morgan fingerprint density at radius 2 is 1.36 bits per heavy atom. The quantitative estimate of drug-likeness (QED) is 0.173. The lowest BCUT2D eigenvalue weighted by atomic mass is 10.1. The summed E-state index contributed by atoms with van der Waals surface area (Å²) in [4.78, 5) is 25.6. The van der Waals surface area contributed by atoms with E-state index in [9.17, 15) is 9.59 Å². The molecule has 0 N–H and O–H groups in total. The second kappa shape index (κ2) is 19.4. The van der Waals surface area contributed by atoms with Gasteiger partial charge in [-0.1, -0.05) is 101 Å². The highest BCUT2D eigenvalue weighted by molar-refractivity contribution is 5.80. The van der Waals surface area contributed by atoms with Crippen LogP contribution in [0.1, 0.15) is 90.0 Å². The first-order valence-corrected chi connectivity index (χ1v) is 12.7. The molecule has 33 heavy (non-hydrogen) atoms. The summed E-state index contributed by atoms with van der Waals surface area (Å²) >= 11 is 0. The Hall–Kier alpha value is -2.08. The summed E-state index contributed by atoms with van der Waals surface area (Å²) in [5.41, 5.74) is 1.06. The Morgan fingerprint density at radius 1 is 0.788 bits per heavy atom. The molecule has 1 atom stereocenters. The minimum atomic E-state index is -0.685. The van der Waals surface area contributed by atoms with Gasteiger partial charge in [-0.05, 0) is 18.9 Å². The number of nitrogens with zero attached hydrogens (tertiary/aromatic N) is 1. The van der Waals surface area contributed by atoms with Gasteiger partial charge in [-0.15, -0.1) is 0 Å². The summed E-state index contributed by atoms with van der Waals surface area (Å²) in [5, 5.41) is 0. The van der Waals surface area contributed by atoms with E-state index in [0.29, 0.717) is 19.8 Å². The van der Waals surface area contributed by atoms with E-state index in [-0.39, 0.29) is 6.61 Å². The topological polar surface area (TPSA) is 65.1 Å². The number of hydrogen-bond acceptors (Lipinski definition) is 5. The second-order valence-corrected chi connectivity index (χ2v) is 8.64. The van der Waals surface area contributed by atoms with E-state index >= 15 is 0 Å². The number of unbranched alkanes of at least 4 members (excludes halogenated alkanes) is 10. The molecule has 6 heteroatoms. The third-order valence-corrected chi connectivity index (χ3v) is 5.77. The molecule has 0 aliphatic carbocycles. The number of carbonyl (C=O) groups excluding carboxylic acids is 2. The van der Waals surface area contributed by atoms with Crippen LogP contribution in [0.25, 0.3) is 0 Å². The van der Waals surface area contributed by atoms with Crippen LogP contribution in [0.5, 0.6) is 0 Å². The lowest BCUT2D eigenvalue weighted by Gasteiger charge is -2.22. The Morgan fingerprint density at radius 3 is 1.97 bits per heavy atom.